The van der Waals surface area contributed by atoms with Gasteiger partial charge >= 0.3 is 0 Å². The molecular weight excluding hydrogens is 180 g/mol. The molecule has 0 heterocycles. The summed E-state index contributed by atoms with van der Waals surface area (Å²) in [6.07, 6.45) is 12.0. The Morgan fingerprint density at radius 1 is 1.13 bits per heavy atom. The molecule has 0 amide bonds. The van der Waals surface area contributed by atoms with E-state index in [9.17, 15) is 0 Å². The van der Waals surface area contributed by atoms with Gasteiger partial charge in [0.25, 0.3) is 0 Å². The fraction of sp³-hybridized carbons (Fsp3) is 0.467. The van der Waals surface area contributed by atoms with Crippen molar-refractivity contribution in [3.8, 4) is 0 Å². The third kappa shape index (κ3) is 4.83. The SMILES string of the molecule is CCCCCC/C=[C]\c1ccccc1C. The Hall–Kier alpha value is -1.04. The third-order valence-electron chi connectivity index (χ3n) is 2.60. The quantitative estimate of drug-likeness (QED) is 0.586. The highest BCUT2D eigenvalue weighted by Crippen LogP contribution is 2.08. The molecule has 81 valence electrons. The predicted octanol–water partition coefficient (Wildman–Crippen LogP) is 4.67. The van der Waals surface area contributed by atoms with Gasteiger partial charge in [0.1, 0.15) is 0 Å². The molecule has 0 aromatic heterocycles. The Bertz CT molecular complexity index is 297. The number of hydrogen-bond acceptors (Lipinski definition) is 0. The summed E-state index contributed by atoms with van der Waals surface area (Å²) in [6, 6.07) is 8.40. The van der Waals surface area contributed by atoms with E-state index in [1.807, 2.05) is 0 Å². The van der Waals surface area contributed by atoms with Crippen LogP contribution >= 0.6 is 0 Å². The van der Waals surface area contributed by atoms with Crippen LogP contribution in [0.4, 0.5) is 0 Å². The fourth-order valence-corrected chi connectivity index (χ4v) is 1.59. The highest BCUT2D eigenvalue weighted by atomic mass is 14.0. The molecule has 15 heavy (non-hydrogen) atoms. The van der Waals surface area contributed by atoms with Crippen LogP contribution in [0.2, 0.25) is 0 Å². The van der Waals surface area contributed by atoms with Gasteiger partial charge in [-0.3, -0.25) is 0 Å². The van der Waals surface area contributed by atoms with Gasteiger partial charge in [0.15, 0.2) is 0 Å². The van der Waals surface area contributed by atoms with Gasteiger partial charge in [-0.2, -0.15) is 0 Å². The zero-order chi connectivity index (χ0) is 10.9. The lowest BCUT2D eigenvalue weighted by molar-refractivity contribution is 0.674. The molecule has 0 saturated heterocycles. The van der Waals surface area contributed by atoms with Crippen molar-refractivity contribution in [3.05, 3.63) is 47.5 Å². The molecule has 0 spiro atoms. The molecule has 0 bridgehead atoms. The van der Waals surface area contributed by atoms with Crippen molar-refractivity contribution in [2.45, 2.75) is 46.0 Å². The van der Waals surface area contributed by atoms with Crippen molar-refractivity contribution in [1.82, 2.24) is 0 Å². The third-order valence-corrected chi connectivity index (χ3v) is 2.60. The van der Waals surface area contributed by atoms with E-state index in [1.165, 1.54) is 36.8 Å². The van der Waals surface area contributed by atoms with Crippen molar-refractivity contribution < 1.29 is 0 Å². The minimum atomic E-state index is 1.16. The van der Waals surface area contributed by atoms with Crippen LogP contribution in [0, 0.1) is 13.0 Å². The molecule has 1 aromatic rings. The van der Waals surface area contributed by atoms with Gasteiger partial charge in [0.2, 0.25) is 0 Å². The second kappa shape index (κ2) is 7.28. The zero-order valence-corrected chi connectivity index (χ0v) is 9.92. The van der Waals surface area contributed by atoms with Gasteiger partial charge in [-0.05, 0) is 37.0 Å². The van der Waals surface area contributed by atoms with E-state index in [0.29, 0.717) is 0 Å². The lowest BCUT2D eigenvalue weighted by Crippen LogP contribution is -1.80. The fourth-order valence-electron chi connectivity index (χ4n) is 1.59. The molecule has 0 fully saturated rings. The van der Waals surface area contributed by atoms with Gasteiger partial charge in [-0.15, -0.1) is 0 Å². The van der Waals surface area contributed by atoms with Gasteiger partial charge in [-0.1, -0.05) is 56.5 Å². The van der Waals surface area contributed by atoms with Crippen LogP contribution in [0.3, 0.4) is 0 Å². The zero-order valence-electron chi connectivity index (χ0n) is 9.92. The average Bonchev–Trinajstić information content (AvgIpc) is 2.25. The maximum Gasteiger partial charge on any atom is -0.0146 e. The van der Waals surface area contributed by atoms with E-state index in [1.54, 1.807) is 0 Å². The topological polar surface area (TPSA) is 0 Å². The largest absolute Gasteiger partial charge is 0.0760 e. The van der Waals surface area contributed by atoms with Crippen LogP contribution in [-0.4, -0.2) is 0 Å². The van der Waals surface area contributed by atoms with E-state index in [4.69, 9.17) is 0 Å². The summed E-state index contributed by atoms with van der Waals surface area (Å²) in [7, 11) is 0. The lowest BCUT2D eigenvalue weighted by atomic mass is 10.1. The molecule has 0 aliphatic carbocycles. The number of rotatable bonds is 6. The summed E-state index contributed by atoms with van der Waals surface area (Å²) in [5, 5.41) is 0. The summed E-state index contributed by atoms with van der Waals surface area (Å²) in [6.45, 7) is 4.38. The van der Waals surface area contributed by atoms with Crippen molar-refractivity contribution >= 4 is 0 Å². The van der Waals surface area contributed by atoms with E-state index >= 15 is 0 Å². The van der Waals surface area contributed by atoms with Gasteiger partial charge in [0.05, 0.1) is 0 Å². The standard InChI is InChI=1S/C15H21/c1-3-4-5-6-7-8-12-15-13-10-9-11-14(15)2/h8-11,13H,3-7H2,1-2H3. The minimum Gasteiger partial charge on any atom is -0.0760 e. The van der Waals surface area contributed by atoms with Gasteiger partial charge in [0, 0.05) is 0 Å². The van der Waals surface area contributed by atoms with E-state index in [0.717, 1.165) is 6.42 Å². The molecule has 0 atom stereocenters. The summed E-state index contributed by atoms with van der Waals surface area (Å²) in [5.74, 6) is 0. The van der Waals surface area contributed by atoms with Crippen LogP contribution < -0.4 is 0 Å². The maximum absolute atomic E-state index is 3.36. The molecule has 1 rings (SSSR count). The molecule has 0 nitrogen and oxygen atoms in total. The van der Waals surface area contributed by atoms with Crippen molar-refractivity contribution in [1.29, 1.82) is 0 Å². The Morgan fingerprint density at radius 2 is 1.93 bits per heavy atom. The Labute approximate surface area is 94.0 Å². The Balaban J connectivity index is 2.29. The number of aryl methyl sites for hydroxylation is 1. The first-order chi connectivity index (χ1) is 7.34. The van der Waals surface area contributed by atoms with Crippen LogP contribution in [0.15, 0.2) is 30.3 Å². The summed E-state index contributed by atoms with van der Waals surface area (Å²) >= 11 is 0. The van der Waals surface area contributed by atoms with Crippen LogP contribution in [-0.2, 0) is 0 Å². The van der Waals surface area contributed by atoms with Crippen LogP contribution in [0.1, 0.15) is 50.2 Å². The number of allylic oxidation sites excluding steroid dienone is 1. The number of unbranched alkanes of at least 4 members (excludes halogenated alkanes) is 4. The molecule has 0 saturated carbocycles. The number of hydrogen-bond donors (Lipinski definition) is 0. The maximum atomic E-state index is 3.36. The molecule has 0 aliphatic heterocycles. The van der Waals surface area contributed by atoms with E-state index < -0.39 is 0 Å². The van der Waals surface area contributed by atoms with Crippen molar-refractivity contribution in [2.24, 2.45) is 0 Å². The minimum absolute atomic E-state index is 1.16. The van der Waals surface area contributed by atoms with Gasteiger partial charge in [-0.25, -0.2) is 0 Å². The highest BCUT2D eigenvalue weighted by Gasteiger charge is 1.91. The molecule has 0 unspecified atom stereocenters. The smallest absolute Gasteiger partial charge is 0.0146 e. The molecule has 1 radical (unpaired) electrons. The highest BCUT2D eigenvalue weighted by molar-refractivity contribution is 5.30. The van der Waals surface area contributed by atoms with Crippen molar-refractivity contribution in [2.75, 3.05) is 0 Å². The molecule has 0 heteroatoms. The molecule has 0 N–H and O–H groups in total. The van der Waals surface area contributed by atoms with Crippen molar-refractivity contribution in [3.63, 3.8) is 0 Å². The van der Waals surface area contributed by atoms with Crippen LogP contribution in [0.5, 0.6) is 0 Å². The molecular formula is C15H21. The summed E-state index contributed by atoms with van der Waals surface area (Å²) in [5.41, 5.74) is 2.54. The molecule has 0 aliphatic rings. The Morgan fingerprint density at radius 3 is 2.67 bits per heavy atom. The van der Waals surface area contributed by atoms with Gasteiger partial charge < -0.3 is 0 Å². The van der Waals surface area contributed by atoms with Crippen LogP contribution in [0.25, 0.3) is 0 Å². The lowest BCUT2D eigenvalue weighted by Gasteiger charge is -1.98. The first-order valence-electron chi connectivity index (χ1n) is 5.98. The van der Waals surface area contributed by atoms with E-state index in [-0.39, 0.29) is 0 Å². The first-order valence-corrected chi connectivity index (χ1v) is 5.98. The summed E-state index contributed by atoms with van der Waals surface area (Å²) in [4.78, 5) is 0. The Kier molecular flexibility index (Phi) is 5.84. The summed E-state index contributed by atoms with van der Waals surface area (Å²) < 4.78 is 0. The second-order valence-electron chi connectivity index (χ2n) is 4.01. The second-order valence-corrected chi connectivity index (χ2v) is 4.01. The molecule has 1 aromatic carbocycles. The predicted molar refractivity (Wildman–Crippen MR) is 66.9 cm³/mol. The number of benzene rings is 1. The monoisotopic (exact) mass is 201 g/mol. The average molecular weight is 201 g/mol. The normalized spacial score (nSPS) is 11.1. The first kappa shape index (κ1) is 12.0. The van der Waals surface area contributed by atoms with E-state index in [2.05, 4.69) is 50.3 Å².